The normalized spacial score (nSPS) is 19.9. The number of carboxylic acid groups (broad SMARTS) is 4. The molecule has 11 rings (SSSR count). The van der Waals surface area contributed by atoms with Gasteiger partial charge in [0.2, 0.25) is 23.6 Å². The van der Waals surface area contributed by atoms with Crippen LogP contribution in [0.2, 0.25) is 0 Å². The number of nitrogen functional groups attached to an aromatic ring is 4. The lowest BCUT2D eigenvalue weighted by atomic mass is 9.80. The molecule has 0 unspecified atom stereocenters. The van der Waals surface area contributed by atoms with Crippen LogP contribution in [0.25, 0.3) is 0 Å². The summed E-state index contributed by atoms with van der Waals surface area (Å²) in [6.45, 7) is 17.3. The van der Waals surface area contributed by atoms with Crippen LogP contribution in [0.3, 0.4) is 0 Å². The van der Waals surface area contributed by atoms with Gasteiger partial charge < -0.3 is 64.0 Å². The number of anilines is 4. The van der Waals surface area contributed by atoms with Gasteiger partial charge >= 0.3 is 42.0 Å². The number of hydrogen-bond donors (Lipinski definition) is 11. The summed E-state index contributed by atoms with van der Waals surface area (Å²) in [5.41, 5.74) is 29.7. The summed E-state index contributed by atoms with van der Waals surface area (Å²) < 4.78 is 5.17. The number of carboxylic acids is 4. The third-order valence-electron chi connectivity index (χ3n) is 19.6. The zero-order valence-corrected chi connectivity index (χ0v) is 61.5. The summed E-state index contributed by atoms with van der Waals surface area (Å²) in [4.78, 5) is 154. The first-order valence-electron chi connectivity index (χ1n) is 35.1. The number of nitrogens with two attached hydrogens (primary N) is 4. The molecule has 4 aliphatic heterocycles. The van der Waals surface area contributed by atoms with Gasteiger partial charge in [-0.2, -0.15) is 0 Å². The molecule has 31 heteroatoms. The summed E-state index contributed by atoms with van der Waals surface area (Å²) >= 11 is 0. The number of nitrogens with one attached hydrogen (secondary N) is 3. The lowest BCUT2D eigenvalue weighted by Crippen LogP contribution is -2.68. The average Bonchev–Trinajstić information content (AvgIpc) is 0.769. The number of hydrogen-bond acceptors (Lipinski definition) is 20. The molecule has 4 saturated heterocycles. The van der Waals surface area contributed by atoms with Crippen molar-refractivity contribution < 1.29 is 77.9 Å². The fourth-order valence-corrected chi connectivity index (χ4v) is 13.1. The van der Waals surface area contributed by atoms with Gasteiger partial charge in [0.1, 0.15) is 41.1 Å². The smallest absolute Gasteiger partial charge is 0.327 e. The van der Waals surface area contributed by atoms with E-state index in [0.717, 1.165) is 48.1 Å². The Morgan fingerprint density at radius 3 is 1.22 bits per heavy atom. The molecule has 8 heterocycles. The third kappa shape index (κ3) is 20.0. The van der Waals surface area contributed by atoms with Crippen molar-refractivity contribution >= 4 is 88.9 Å². The van der Waals surface area contributed by atoms with E-state index in [9.17, 15) is 73.2 Å². The van der Waals surface area contributed by atoms with Crippen molar-refractivity contribution in [1.29, 1.82) is 0 Å². The van der Waals surface area contributed by atoms with Crippen LogP contribution in [0, 0.1) is 42.4 Å². The topological polar surface area (TPSA) is 483 Å². The van der Waals surface area contributed by atoms with E-state index in [-0.39, 0.29) is 67.2 Å². The number of methoxy groups -OCH3 is 1. The number of nitrogens with zero attached hydrogens (tertiary/aromatic N) is 8. The van der Waals surface area contributed by atoms with Crippen LogP contribution in [0.1, 0.15) is 117 Å². The van der Waals surface area contributed by atoms with Crippen molar-refractivity contribution in [2.75, 3.05) is 30.0 Å². The number of benzene rings is 3. The van der Waals surface area contributed by atoms with Gasteiger partial charge in [0.15, 0.2) is 12.1 Å². The van der Waals surface area contributed by atoms with Gasteiger partial charge in [-0.3, -0.25) is 29.0 Å². The van der Waals surface area contributed by atoms with E-state index in [2.05, 4.69) is 42.5 Å². The predicted molar refractivity (Wildman–Crippen MR) is 400 cm³/mol. The van der Waals surface area contributed by atoms with Crippen molar-refractivity contribution in [3.8, 4) is 5.75 Å². The number of imide groups is 3. The highest BCUT2D eigenvalue weighted by molar-refractivity contribution is 6.09. The summed E-state index contributed by atoms with van der Waals surface area (Å²) in [6.07, 6.45) is 7.94. The molecule has 31 nitrogen and oxygen atoms in total. The fourth-order valence-electron chi connectivity index (χ4n) is 13.1. The predicted octanol–water partition coefficient (Wildman–Crippen LogP) is 7.79. The number of amides is 10. The number of pyridine rings is 4. The van der Waals surface area contributed by atoms with Gasteiger partial charge in [-0.1, -0.05) is 107 Å². The lowest BCUT2D eigenvalue weighted by molar-refractivity contribution is -0.177. The van der Waals surface area contributed by atoms with Gasteiger partial charge in [0.05, 0.1) is 43.0 Å². The lowest BCUT2D eigenvalue weighted by Gasteiger charge is -2.47. The van der Waals surface area contributed by atoms with Crippen LogP contribution in [0.15, 0.2) is 164 Å². The highest BCUT2D eigenvalue weighted by atomic mass is 16.5. The summed E-state index contributed by atoms with van der Waals surface area (Å²) in [5.74, 6) is -7.11. The molecule has 0 bridgehead atoms. The van der Waals surface area contributed by atoms with Crippen LogP contribution in [-0.2, 0) is 64.0 Å². The molecule has 15 N–H and O–H groups in total. The largest absolute Gasteiger partial charge is 0.497 e. The highest BCUT2D eigenvalue weighted by Gasteiger charge is 2.57. The first-order chi connectivity index (χ1) is 51.7. The first-order valence-corrected chi connectivity index (χ1v) is 35.1. The Labute approximate surface area is 629 Å². The molecule has 4 aliphatic rings. The van der Waals surface area contributed by atoms with Crippen molar-refractivity contribution in [2.45, 2.75) is 129 Å². The van der Waals surface area contributed by atoms with Crippen molar-refractivity contribution in [2.24, 2.45) is 35.5 Å². The van der Waals surface area contributed by atoms with E-state index >= 15 is 0 Å². The molecule has 0 spiro atoms. The molecule has 10 amide bonds. The number of rotatable bonds is 23. The van der Waals surface area contributed by atoms with Crippen molar-refractivity contribution in [1.82, 2.24) is 55.5 Å². The molecule has 12 atom stereocenters. The van der Waals surface area contributed by atoms with Gasteiger partial charge in [0.25, 0.3) is 0 Å². The van der Waals surface area contributed by atoms with Crippen LogP contribution >= 0.6 is 0 Å². The van der Waals surface area contributed by atoms with Crippen LogP contribution in [0.5, 0.6) is 5.75 Å². The standard InChI is InChI=1S/C21H24N4O3.C20H22N4O5.C20H22N4O4.C17H23N3O4/c1-3-17(15-7-5-4-6-8-15)24-21(28)25-13(2)16(19(25)20(26)27)11-14-9-10-23-18(22)12-14;1-11(13-4-3-5-14(10-13)29-2)23-20(28)24-17(19(26)27)15(18(24)25)8-12-6-7-22-16(21)9-12;1-11-3-5-14(6-4-11)12(2)23-20(28)24-17(19(26)27)15(18(24)25)9-13-7-8-22-16(21)10-13;1-9(2)10(3)6-14(21)20-15(17(23)24)12(16(20)22)7-11-4-5-19-13(18)8-11/h4-10,12,16-17,19H,2-3,11H2,1H3,(H2,22,23)(H,24,28)(H,26,27);3-7,9-11,15,17H,8H2,1-2H3,(H2,21,22)(H,23,28)(H,26,27);3-8,10,12,15,17H,9H2,1-2H3,(H2,21,22)(H,23,28)(H,26,27);4-5,8-10,12,15H,6-7H2,1-3H3,(H2,18,19)(H,23,24)/t16-,17+,19-;11-,15-,17+;12-,15-,17+;10-,12+,15-/m0110/s1. The molecule has 7 aromatic rings. The minimum Gasteiger partial charge on any atom is -0.497 e. The molecular weight excluding hydrogens is 1400 g/mol. The average molecular weight is 1490 g/mol. The number of likely N-dealkylation sites (tertiary alicyclic amines) is 4. The molecule has 4 aromatic heterocycles. The second kappa shape index (κ2) is 36.4. The van der Waals surface area contributed by atoms with E-state index in [1.54, 1.807) is 92.8 Å². The van der Waals surface area contributed by atoms with E-state index in [0.29, 0.717) is 47.1 Å². The Morgan fingerprint density at radius 1 is 0.468 bits per heavy atom. The zero-order valence-electron chi connectivity index (χ0n) is 61.5. The van der Waals surface area contributed by atoms with E-state index in [1.807, 2.05) is 89.2 Å². The third-order valence-corrected chi connectivity index (χ3v) is 19.6. The van der Waals surface area contributed by atoms with Crippen LogP contribution < -0.4 is 43.6 Å². The Hall–Kier alpha value is -12.8. The molecule has 0 radical (unpaired) electrons. The van der Waals surface area contributed by atoms with E-state index in [4.69, 9.17) is 27.7 Å². The summed E-state index contributed by atoms with van der Waals surface area (Å²) in [7, 11) is 1.54. The minimum absolute atomic E-state index is 0.0822. The van der Waals surface area contributed by atoms with E-state index < -0.39 is 114 Å². The maximum absolute atomic E-state index is 12.8. The quantitative estimate of drug-likeness (QED) is 0.0272. The monoisotopic (exact) mass is 1490 g/mol. The van der Waals surface area contributed by atoms with Gasteiger partial charge in [0, 0.05) is 42.8 Å². The number of aliphatic carboxylic acids is 4. The Bertz CT molecular complexity index is 4530. The number of carbonyl (C=O) groups is 11. The second-order valence-corrected chi connectivity index (χ2v) is 27.4. The molecule has 0 saturated carbocycles. The zero-order chi connectivity index (χ0) is 79.8. The fraction of sp³-hybridized carbons (Fsp3) is 0.346. The minimum atomic E-state index is -1.24. The maximum Gasteiger partial charge on any atom is 0.327 e. The molecule has 4 fully saturated rings. The number of aromatic nitrogens is 4. The Balaban J connectivity index is 0.000000183. The molecule has 0 aliphatic carbocycles. The van der Waals surface area contributed by atoms with Crippen molar-refractivity contribution in [3.63, 3.8) is 0 Å². The molecule has 574 valence electrons. The first kappa shape index (κ1) is 81.8. The van der Waals surface area contributed by atoms with Gasteiger partial charge in [-0.25, -0.2) is 63.3 Å². The molecule has 3 aromatic carbocycles. The summed E-state index contributed by atoms with van der Waals surface area (Å²) in [5, 5.41) is 46.5. The Kier molecular flexibility index (Phi) is 27.4. The number of aryl methyl sites for hydroxylation is 1. The SMILES string of the molecule is C=C1[C@H](Cc2ccnc(N)c2)[C@@H](C(=O)O)N1C(=O)N[C@H](CC)c1ccccc1.CC(C)[C@@H](C)CC(=O)N1C(=O)[C@H](Cc2ccnc(N)c2)[C@H]1C(=O)O.COc1cccc([C@@H](C)NC(=O)N2C(=O)[C@H](Cc3ccnc(N)c3)[C@H]2C(=O)O)c1.Cc1ccc([C@@H](C)NC(=O)N2C(=O)[C@H](Cc3ccnc(N)c3)[C@H]2C(=O)O)cc1. The van der Waals surface area contributed by atoms with Crippen LogP contribution in [0.4, 0.5) is 37.7 Å². The van der Waals surface area contributed by atoms with Crippen LogP contribution in [-0.4, -0.2) is 157 Å². The summed E-state index contributed by atoms with van der Waals surface area (Å²) in [6, 6.07) is 30.1. The van der Waals surface area contributed by atoms with Crippen molar-refractivity contribution in [3.05, 3.63) is 209 Å². The number of β-lactam (4-membered cyclic amide) rings is 3. The number of ether oxygens (including phenoxy) is 1. The molecule has 109 heavy (non-hydrogen) atoms. The number of urea groups is 3. The van der Waals surface area contributed by atoms with Gasteiger partial charge in [-0.05, 0) is 164 Å². The Morgan fingerprint density at radius 2 is 0.835 bits per heavy atom. The molecular formula is C78H91N15O16. The highest BCUT2D eigenvalue weighted by Crippen LogP contribution is 2.40. The van der Waals surface area contributed by atoms with E-state index in [1.165, 1.54) is 30.6 Å². The van der Waals surface area contributed by atoms with Gasteiger partial charge in [-0.15, -0.1) is 0 Å². The maximum atomic E-state index is 12.8. The second-order valence-electron chi connectivity index (χ2n) is 27.4. The number of carbonyl (C=O) groups excluding carboxylic acids is 7.